The van der Waals surface area contributed by atoms with Crippen LogP contribution in [0.3, 0.4) is 0 Å². The lowest BCUT2D eigenvalue weighted by Crippen LogP contribution is -2.34. The highest BCUT2D eigenvalue weighted by atomic mass is 32.1. The SMILES string of the molecule is O=C(Nc1nc(C2CCC2)cs1)N1CCCC1c1ccc(O)cc1. The highest BCUT2D eigenvalue weighted by Gasteiger charge is 2.30. The topological polar surface area (TPSA) is 65.5 Å². The van der Waals surface area contributed by atoms with Crippen molar-refractivity contribution in [2.24, 2.45) is 0 Å². The Bertz CT molecular complexity index is 724. The first-order chi connectivity index (χ1) is 11.7. The summed E-state index contributed by atoms with van der Waals surface area (Å²) in [5.74, 6) is 0.836. The fraction of sp³-hybridized carbons (Fsp3) is 0.444. The molecule has 2 heterocycles. The fourth-order valence-corrected chi connectivity index (χ4v) is 4.23. The van der Waals surface area contributed by atoms with Crippen LogP contribution in [-0.4, -0.2) is 27.6 Å². The Morgan fingerprint density at radius 2 is 2.00 bits per heavy atom. The van der Waals surface area contributed by atoms with Gasteiger partial charge in [0.05, 0.1) is 11.7 Å². The van der Waals surface area contributed by atoms with Gasteiger partial charge in [-0.25, -0.2) is 9.78 Å². The van der Waals surface area contributed by atoms with Crippen LogP contribution in [0.5, 0.6) is 5.75 Å². The van der Waals surface area contributed by atoms with Crippen LogP contribution in [0.4, 0.5) is 9.93 Å². The zero-order valence-corrected chi connectivity index (χ0v) is 14.3. The number of aromatic hydroxyl groups is 1. The second-order valence-corrected chi connectivity index (χ2v) is 7.44. The molecule has 0 bridgehead atoms. The van der Waals surface area contributed by atoms with E-state index >= 15 is 0 Å². The van der Waals surface area contributed by atoms with Crippen LogP contribution in [0.25, 0.3) is 0 Å². The van der Waals surface area contributed by atoms with E-state index < -0.39 is 0 Å². The molecular weight excluding hydrogens is 322 g/mol. The maximum atomic E-state index is 12.7. The van der Waals surface area contributed by atoms with Gasteiger partial charge in [0.1, 0.15) is 5.75 Å². The van der Waals surface area contributed by atoms with Crippen molar-refractivity contribution in [3.8, 4) is 5.75 Å². The fourth-order valence-electron chi connectivity index (χ4n) is 3.45. The predicted molar refractivity (Wildman–Crippen MR) is 94.5 cm³/mol. The second kappa shape index (κ2) is 6.43. The zero-order valence-electron chi connectivity index (χ0n) is 13.4. The van der Waals surface area contributed by atoms with Gasteiger partial charge in [0.25, 0.3) is 0 Å². The molecule has 5 nitrogen and oxygen atoms in total. The van der Waals surface area contributed by atoms with Gasteiger partial charge >= 0.3 is 6.03 Å². The van der Waals surface area contributed by atoms with Crippen molar-refractivity contribution in [1.29, 1.82) is 0 Å². The zero-order chi connectivity index (χ0) is 16.5. The lowest BCUT2D eigenvalue weighted by Gasteiger charge is -2.25. The number of aromatic nitrogens is 1. The molecule has 1 saturated heterocycles. The molecule has 1 atom stereocenters. The molecule has 1 aliphatic carbocycles. The number of amides is 2. The van der Waals surface area contributed by atoms with Gasteiger partial charge in [0, 0.05) is 17.8 Å². The van der Waals surface area contributed by atoms with E-state index in [0.717, 1.165) is 30.6 Å². The highest BCUT2D eigenvalue weighted by Crippen LogP contribution is 2.38. The van der Waals surface area contributed by atoms with E-state index in [2.05, 4.69) is 15.7 Å². The third-order valence-electron chi connectivity index (χ3n) is 5.05. The number of phenolic OH excluding ortho intramolecular Hbond substituents is 1. The van der Waals surface area contributed by atoms with Gasteiger partial charge in [0.2, 0.25) is 0 Å². The predicted octanol–water partition coefficient (Wildman–Crippen LogP) is 4.49. The molecular formula is C18H21N3O2S. The summed E-state index contributed by atoms with van der Waals surface area (Å²) in [4.78, 5) is 19.1. The minimum absolute atomic E-state index is 0.0664. The summed E-state index contributed by atoms with van der Waals surface area (Å²) < 4.78 is 0. The quantitative estimate of drug-likeness (QED) is 0.863. The van der Waals surface area contributed by atoms with Crippen LogP contribution in [-0.2, 0) is 0 Å². The molecule has 0 radical (unpaired) electrons. The normalized spacial score (nSPS) is 20.8. The number of thiazole rings is 1. The number of rotatable bonds is 3. The van der Waals surface area contributed by atoms with Crippen molar-refractivity contribution in [2.45, 2.75) is 44.1 Å². The summed E-state index contributed by atoms with van der Waals surface area (Å²) in [7, 11) is 0. The van der Waals surface area contributed by atoms with Crippen LogP contribution in [0.15, 0.2) is 29.6 Å². The van der Waals surface area contributed by atoms with Gasteiger partial charge in [0.15, 0.2) is 5.13 Å². The molecule has 126 valence electrons. The third kappa shape index (κ3) is 2.98. The van der Waals surface area contributed by atoms with Crippen molar-refractivity contribution < 1.29 is 9.90 Å². The molecule has 1 aliphatic heterocycles. The Hall–Kier alpha value is -2.08. The van der Waals surface area contributed by atoms with E-state index in [1.807, 2.05) is 17.0 Å². The van der Waals surface area contributed by atoms with E-state index in [9.17, 15) is 9.90 Å². The summed E-state index contributed by atoms with van der Waals surface area (Å²) >= 11 is 1.51. The first-order valence-electron chi connectivity index (χ1n) is 8.52. The molecule has 1 aromatic carbocycles. The van der Waals surface area contributed by atoms with Crippen molar-refractivity contribution >= 4 is 22.5 Å². The summed E-state index contributed by atoms with van der Waals surface area (Å²) in [5, 5.41) is 15.2. The van der Waals surface area contributed by atoms with E-state index in [1.165, 1.54) is 30.6 Å². The molecule has 6 heteroatoms. The largest absolute Gasteiger partial charge is 0.508 e. The standard InChI is InChI=1S/C18H21N3O2S/c22-14-8-6-13(7-9-14)16-5-2-10-21(16)18(23)20-17-19-15(11-24-17)12-3-1-4-12/h6-9,11-12,16,22H,1-5,10H2,(H,19,20,23). The van der Waals surface area contributed by atoms with Gasteiger partial charge < -0.3 is 10.0 Å². The molecule has 1 saturated carbocycles. The maximum absolute atomic E-state index is 12.7. The average Bonchev–Trinajstić information content (AvgIpc) is 3.16. The molecule has 1 aromatic heterocycles. The van der Waals surface area contributed by atoms with Crippen LogP contribution in [0, 0.1) is 0 Å². The first-order valence-corrected chi connectivity index (χ1v) is 9.40. The average molecular weight is 343 g/mol. The molecule has 0 spiro atoms. The summed E-state index contributed by atoms with van der Waals surface area (Å²) in [5.41, 5.74) is 2.19. The number of carbonyl (C=O) groups excluding carboxylic acids is 1. The number of urea groups is 1. The number of anilines is 1. The van der Waals surface area contributed by atoms with Gasteiger partial charge in [-0.05, 0) is 43.4 Å². The Balaban J connectivity index is 1.44. The Labute approximate surface area is 145 Å². The van der Waals surface area contributed by atoms with E-state index in [1.54, 1.807) is 12.1 Å². The molecule has 2 aliphatic rings. The monoisotopic (exact) mass is 343 g/mol. The van der Waals surface area contributed by atoms with Crippen LogP contribution >= 0.6 is 11.3 Å². The number of nitrogens with one attached hydrogen (secondary N) is 1. The number of likely N-dealkylation sites (tertiary alicyclic amines) is 1. The molecule has 2 amide bonds. The van der Waals surface area contributed by atoms with Crippen LogP contribution in [0.2, 0.25) is 0 Å². The van der Waals surface area contributed by atoms with Crippen LogP contribution in [0.1, 0.15) is 55.3 Å². The second-order valence-electron chi connectivity index (χ2n) is 6.58. The van der Waals surface area contributed by atoms with E-state index in [0.29, 0.717) is 11.0 Å². The number of phenols is 1. The number of benzene rings is 1. The Morgan fingerprint density at radius 3 is 2.71 bits per heavy atom. The Kier molecular flexibility index (Phi) is 4.14. The number of hydrogen-bond donors (Lipinski definition) is 2. The van der Waals surface area contributed by atoms with Crippen molar-refractivity contribution in [3.05, 3.63) is 40.9 Å². The molecule has 2 N–H and O–H groups in total. The number of hydrogen-bond acceptors (Lipinski definition) is 4. The lowest BCUT2D eigenvalue weighted by molar-refractivity contribution is 0.207. The van der Waals surface area contributed by atoms with Crippen LogP contribution < -0.4 is 5.32 Å². The number of nitrogens with zero attached hydrogens (tertiary/aromatic N) is 2. The van der Waals surface area contributed by atoms with E-state index in [-0.39, 0.29) is 17.8 Å². The van der Waals surface area contributed by atoms with Gasteiger partial charge in [-0.1, -0.05) is 18.6 Å². The van der Waals surface area contributed by atoms with Gasteiger partial charge in [-0.2, -0.15) is 0 Å². The molecule has 1 unspecified atom stereocenters. The molecule has 24 heavy (non-hydrogen) atoms. The highest BCUT2D eigenvalue weighted by molar-refractivity contribution is 7.13. The third-order valence-corrected chi connectivity index (χ3v) is 5.83. The van der Waals surface area contributed by atoms with E-state index in [4.69, 9.17) is 0 Å². The summed E-state index contributed by atoms with van der Waals surface area (Å²) in [6, 6.07) is 7.12. The first kappa shape index (κ1) is 15.4. The minimum Gasteiger partial charge on any atom is -0.508 e. The van der Waals surface area contributed by atoms with Crippen molar-refractivity contribution in [2.75, 3.05) is 11.9 Å². The summed E-state index contributed by atoms with van der Waals surface area (Å²) in [6.07, 6.45) is 5.65. The van der Waals surface area contributed by atoms with Gasteiger partial charge in [-0.3, -0.25) is 5.32 Å². The van der Waals surface area contributed by atoms with Crippen molar-refractivity contribution in [3.63, 3.8) is 0 Å². The molecule has 4 rings (SSSR count). The molecule has 2 aromatic rings. The number of carbonyl (C=O) groups is 1. The minimum atomic E-state index is -0.0833. The smallest absolute Gasteiger partial charge is 0.324 e. The lowest BCUT2D eigenvalue weighted by atomic mass is 9.83. The van der Waals surface area contributed by atoms with Gasteiger partial charge in [-0.15, -0.1) is 11.3 Å². The Morgan fingerprint density at radius 1 is 1.21 bits per heavy atom. The summed E-state index contributed by atoms with van der Waals surface area (Å²) in [6.45, 7) is 0.748. The maximum Gasteiger partial charge on any atom is 0.324 e. The molecule has 2 fully saturated rings. The van der Waals surface area contributed by atoms with Crippen molar-refractivity contribution in [1.82, 2.24) is 9.88 Å².